The number of hydrogen-bond acceptors (Lipinski definition) is 5. The SMILES string of the molecule is CCCNc1cccc(NCCCOCC)c1[N+](=O)[O-]. The van der Waals surface area contributed by atoms with E-state index in [1.165, 1.54) is 0 Å². The fraction of sp³-hybridized carbons (Fsp3) is 0.571. The largest absolute Gasteiger partial charge is 0.382 e. The number of nitrogens with one attached hydrogen (secondary N) is 2. The average molecular weight is 281 g/mol. The minimum absolute atomic E-state index is 0.109. The Morgan fingerprint density at radius 3 is 2.40 bits per heavy atom. The molecule has 0 saturated heterocycles. The fourth-order valence-electron chi connectivity index (χ4n) is 1.83. The molecular weight excluding hydrogens is 258 g/mol. The van der Waals surface area contributed by atoms with Gasteiger partial charge >= 0.3 is 5.69 Å². The standard InChI is InChI=1S/C14H23N3O3/c1-3-9-15-12-7-5-8-13(14(12)17(18)19)16-10-6-11-20-4-2/h5,7-8,15-16H,3-4,6,9-11H2,1-2H3. The molecule has 0 aromatic heterocycles. The zero-order valence-electron chi connectivity index (χ0n) is 12.1. The van der Waals surface area contributed by atoms with E-state index in [0.29, 0.717) is 37.7 Å². The third-order valence-corrected chi connectivity index (χ3v) is 2.77. The second kappa shape index (κ2) is 9.14. The molecule has 1 aromatic rings. The van der Waals surface area contributed by atoms with Crippen LogP contribution in [-0.4, -0.2) is 31.2 Å². The van der Waals surface area contributed by atoms with Gasteiger partial charge in [-0.15, -0.1) is 0 Å². The molecule has 0 heterocycles. The first-order valence-corrected chi connectivity index (χ1v) is 7.03. The predicted octanol–water partition coefficient (Wildman–Crippen LogP) is 3.26. The molecule has 0 aliphatic rings. The van der Waals surface area contributed by atoms with Gasteiger partial charge in [0.05, 0.1) is 4.92 Å². The zero-order chi connectivity index (χ0) is 14.8. The summed E-state index contributed by atoms with van der Waals surface area (Å²) >= 11 is 0. The Balaban J connectivity index is 2.71. The first-order chi connectivity index (χ1) is 9.70. The Kier molecular flexibility index (Phi) is 7.42. The van der Waals surface area contributed by atoms with Gasteiger partial charge < -0.3 is 15.4 Å². The molecule has 0 aliphatic carbocycles. The van der Waals surface area contributed by atoms with Crippen LogP contribution >= 0.6 is 0 Å². The van der Waals surface area contributed by atoms with E-state index in [1.807, 2.05) is 19.9 Å². The number of hydrogen-bond donors (Lipinski definition) is 2. The van der Waals surface area contributed by atoms with Crippen LogP contribution in [0.2, 0.25) is 0 Å². The monoisotopic (exact) mass is 281 g/mol. The second-order valence-corrected chi connectivity index (χ2v) is 4.36. The third kappa shape index (κ3) is 5.05. The van der Waals surface area contributed by atoms with Crippen LogP contribution in [0.5, 0.6) is 0 Å². The number of nitrogens with zero attached hydrogens (tertiary/aromatic N) is 1. The summed E-state index contributed by atoms with van der Waals surface area (Å²) in [5.41, 5.74) is 1.22. The number of nitro groups is 1. The van der Waals surface area contributed by atoms with E-state index in [9.17, 15) is 10.1 Å². The van der Waals surface area contributed by atoms with Gasteiger partial charge in [0.2, 0.25) is 0 Å². The Labute approximate surface area is 119 Å². The minimum Gasteiger partial charge on any atom is -0.382 e. The topological polar surface area (TPSA) is 76.4 Å². The smallest absolute Gasteiger partial charge is 0.315 e. The summed E-state index contributed by atoms with van der Waals surface area (Å²) in [6, 6.07) is 5.28. The van der Waals surface area contributed by atoms with Crippen molar-refractivity contribution in [2.75, 3.05) is 36.9 Å². The molecule has 0 fully saturated rings. The van der Waals surface area contributed by atoms with Crippen LogP contribution in [0.3, 0.4) is 0 Å². The first-order valence-electron chi connectivity index (χ1n) is 7.03. The van der Waals surface area contributed by atoms with Crippen molar-refractivity contribution >= 4 is 17.1 Å². The molecule has 0 spiro atoms. The summed E-state index contributed by atoms with van der Waals surface area (Å²) in [5.74, 6) is 0. The van der Waals surface area contributed by atoms with Gasteiger partial charge in [0.25, 0.3) is 0 Å². The van der Waals surface area contributed by atoms with Gasteiger partial charge in [0.1, 0.15) is 11.4 Å². The van der Waals surface area contributed by atoms with Crippen LogP contribution in [0.15, 0.2) is 18.2 Å². The van der Waals surface area contributed by atoms with Gasteiger partial charge in [0, 0.05) is 26.3 Å². The van der Waals surface area contributed by atoms with Crippen LogP contribution in [0.1, 0.15) is 26.7 Å². The molecular formula is C14H23N3O3. The van der Waals surface area contributed by atoms with Crippen molar-refractivity contribution in [2.24, 2.45) is 0 Å². The number of ether oxygens (including phenoxy) is 1. The van der Waals surface area contributed by atoms with Crippen molar-refractivity contribution in [1.82, 2.24) is 0 Å². The lowest BCUT2D eigenvalue weighted by Crippen LogP contribution is -2.09. The van der Waals surface area contributed by atoms with Crippen molar-refractivity contribution in [2.45, 2.75) is 26.7 Å². The summed E-state index contributed by atoms with van der Waals surface area (Å²) in [4.78, 5) is 10.9. The van der Waals surface area contributed by atoms with E-state index in [2.05, 4.69) is 10.6 Å². The first kappa shape index (κ1) is 16.2. The lowest BCUT2D eigenvalue weighted by Gasteiger charge is -2.11. The van der Waals surface area contributed by atoms with Crippen LogP contribution < -0.4 is 10.6 Å². The average Bonchev–Trinajstić information content (AvgIpc) is 2.44. The second-order valence-electron chi connectivity index (χ2n) is 4.36. The normalized spacial score (nSPS) is 10.3. The third-order valence-electron chi connectivity index (χ3n) is 2.77. The summed E-state index contributed by atoms with van der Waals surface area (Å²) in [5, 5.41) is 17.4. The number of para-hydroxylation sites is 1. The lowest BCUT2D eigenvalue weighted by molar-refractivity contribution is -0.383. The quantitative estimate of drug-likeness (QED) is 0.391. The maximum atomic E-state index is 11.2. The van der Waals surface area contributed by atoms with Crippen LogP contribution in [0.25, 0.3) is 0 Å². The maximum absolute atomic E-state index is 11.2. The van der Waals surface area contributed by atoms with Crippen LogP contribution in [0, 0.1) is 10.1 Å². The molecule has 0 radical (unpaired) electrons. The molecule has 6 nitrogen and oxygen atoms in total. The van der Waals surface area contributed by atoms with Crippen molar-refractivity contribution in [1.29, 1.82) is 0 Å². The minimum atomic E-state index is -0.344. The van der Waals surface area contributed by atoms with Gasteiger partial charge in [-0.05, 0) is 31.9 Å². The Morgan fingerprint density at radius 2 is 1.85 bits per heavy atom. The number of nitro benzene ring substituents is 1. The van der Waals surface area contributed by atoms with Gasteiger partial charge in [0.15, 0.2) is 0 Å². The molecule has 2 N–H and O–H groups in total. The van der Waals surface area contributed by atoms with E-state index >= 15 is 0 Å². The highest BCUT2D eigenvalue weighted by Crippen LogP contribution is 2.32. The highest BCUT2D eigenvalue weighted by Gasteiger charge is 2.18. The number of rotatable bonds is 10. The molecule has 0 atom stereocenters. The van der Waals surface area contributed by atoms with E-state index in [4.69, 9.17) is 4.74 Å². The summed E-state index contributed by atoms with van der Waals surface area (Å²) < 4.78 is 5.24. The number of anilines is 2. The molecule has 0 unspecified atom stereocenters. The molecule has 0 amide bonds. The molecule has 0 saturated carbocycles. The van der Waals surface area contributed by atoms with E-state index in [1.54, 1.807) is 12.1 Å². The van der Waals surface area contributed by atoms with Crippen molar-refractivity contribution in [3.8, 4) is 0 Å². The summed E-state index contributed by atoms with van der Waals surface area (Å²) in [7, 11) is 0. The predicted molar refractivity (Wildman–Crippen MR) is 81.5 cm³/mol. The van der Waals surface area contributed by atoms with Gasteiger partial charge in [-0.25, -0.2) is 0 Å². The summed E-state index contributed by atoms with van der Waals surface area (Å²) in [6.45, 7) is 6.68. The Bertz CT molecular complexity index is 424. The fourth-order valence-corrected chi connectivity index (χ4v) is 1.83. The van der Waals surface area contributed by atoms with Crippen molar-refractivity contribution < 1.29 is 9.66 Å². The molecule has 0 bridgehead atoms. The van der Waals surface area contributed by atoms with Crippen molar-refractivity contribution in [3.63, 3.8) is 0 Å². The van der Waals surface area contributed by atoms with Gasteiger partial charge in [-0.1, -0.05) is 13.0 Å². The van der Waals surface area contributed by atoms with Crippen LogP contribution in [-0.2, 0) is 4.74 Å². The molecule has 1 aromatic carbocycles. The van der Waals surface area contributed by atoms with E-state index in [-0.39, 0.29) is 10.6 Å². The molecule has 0 aliphatic heterocycles. The molecule has 112 valence electrons. The highest BCUT2D eigenvalue weighted by molar-refractivity contribution is 5.76. The Hall–Kier alpha value is -1.82. The maximum Gasteiger partial charge on any atom is 0.315 e. The zero-order valence-corrected chi connectivity index (χ0v) is 12.1. The van der Waals surface area contributed by atoms with Gasteiger partial charge in [-0.2, -0.15) is 0 Å². The highest BCUT2D eigenvalue weighted by atomic mass is 16.6. The van der Waals surface area contributed by atoms with Gasteiger partial charge in [-0.3, -0.25) is 10.1 Å². The lowest BCUT2D eigenvalue weighted by atomic mass is 10.2. The molecule has 1 rings (SSSR count). The molecule has 6 heteroatoms. The van der Waals surface area contributed by atoms with E-state index < -0.39 is 0 Å². The molecule has 20 heavy (non-hydrogen) atoms. The van der Waals surface area contributed by atoms with Crippen molar-refractivity contribution in [3.05, 3.63) is 28.3 Å². The van der Waals surface area contributed by atoms with E-state index in [0.717, 1.165) is 12.8 Å². The summed E-state index contributed by atoms with van der Waals surface area (Å²) in [6.07, 6.45) is 1.74. The Morgan fingerprint density at radius 1 is 1.20 bits per heavy atom. The van der Waals surface area contributed by atoms with Crippen LogP contribution in [0.4, 0.5) is 17.1 Å². The number of benzene rings is 1.